The molecule has 0 saturated heterocycles. The topological polar surface area (TPSA) is 66.8 Å². The molecule has 3 fully saturated rings. The van der Waals surface area contributed by atoms with Crippen molar-refractivity contribution in [3.05, 3.63) is 11.6 Å². The number of ether oxygens (including phenoxy) is 1. The Morgan fingerprint density at radius 3 is 2.73 bits per heavy atom. The first-order valence-electron chi connectivity index (χ1n) is 10.5. The Morgan fingerprint density at radius 1 is 1.23 bits per heavy atom. The van der Waals surface area contributed by atoms with Crippen LogP contribution in [0.3, 0.4) is 0 Å². The quantitative estimate of drug-likeness (QED) is 0.583. The Hall–Kier alpha value is -0.870. The summed E-state index contributed by atoms with van der Waals surface area (Å²) in [6, 6.07) is 0. The fourth-order valence-corrected chi connectivity index (χ4v) is 7.45. The molecule has 4 aliphatic rings. The first-order valence-corrected chi connectivity index (χ1v) is 10.5. The van der Waals surface area contributed by atoms with Crippen LogP contribution in [0.4, 0.5) is 0 Å². The average Bonchev–Trinajstić information content (AvgIpc) is 2.88. The van der Waals surface area contributed by atoms with Gasteiger partial charge in [0.25, 0.3) is 0 Å². The van der Waals surface area contributed by atoms with Gasteiger partial charge in [-0.2, -0.15) is 0 Å². The summed E-state index contributed by atoms with van der Waals surface area (Å²) in [6.07, 6.45) is 8.62. The Balaban J connectivity index is 1.73. The molecule has 8 atom stereocenters. The van der Waals surface area contributed by atoms with Gasteiger partial charge in [0.05, 0.1) is 12.2 Å². The van der Waals surface area contributed by atoms with Gasteiger partial charge in [0.2, 0.25) is 0 Å². The minimum atomic E-state index is -0.371. The predicted octanol–water partition coefficient (Wildman–Crippen LogP) is 3.46. The zero-order valence-electron chi connectivity index (χ0n) is 16.4. The Kier molecular flexibility index (Phi) is 4.51. The van der Waals surface area contributed by atoms with Crippen LogP contribution in [0.1, 0.15) is 65.7 Å². The molecule has 0 heterocycles. The molecule has 0 radical (unpaired) electrons. The molecule has 0 aliphatic heterocycles. The first kappa shape index (κ1) is 18.5. The van der Waals surface area contributed by atoms with E-state index in [0.29, 0.717) is 30.3 Å². The lowest BCUT2D eigenvalue weighted by atomic mass is 9.45. The highest BCUT2D eigenvalue weighted by Gasteiger charge is 2.61. The van der Waals surface area contributed by atoms with E-state index in [-0.39, 0.29) is 29.0 Å². The van der Waals surface area contributed by atoms with E-state index >= 15 is 0 Å². The fourth-order valence-electron chi connectivity index (χ4n) is 7.45. The molecule has 4 nitrogen and oxygen atoms in total. The van der Waals surface area contributed by atoms with Crippen LogP contribution in [-0.2, 0) is 9.53 Å². The van der Waals surface area contributed by atoms with Crippen LogP contribution in [0.15, 0.2) is 11.6 Å². The average molecular weight is 363 g/mol. The minimum absolute atomic E-state index is 0.0580. The van der Waals surface area contributed by atoms with Gasteiger partial charge in [-0.15, -0.1) is 0 Å². The molecule has 0 aromatic carbocycles. The smallest absolute Gasteiger partial charge is 0.302 e. The van der Waals surface area contributed by atoms with Crippen molar-refractivity contribution in [2.75, 3.05) is 6.61 Å². The summed E-state index contributed by atoms with van der Waals surface area (Å²) in [4.78, 5) is 11.6. The number of esters is 1. The van der Waals surface area contributed by atoms with Gasteiger partial charge in [-0.1, -0.05) is 25.5 Å². The Labute approximate surface area is 157 Å². The van der Waals surface area contributed by atoms with Gasteiger partial charge < -0.3 is 14.9 Å². The number of hydrogen-bond donors (Lipinski definition) is 2. The number of aliphatic hydroxyl groups is 2. The van der Waals surface area contributed by atoms with Crippen LogP contribution < -0.4 is 0 Å². The summed E-state index contributed by atoms with van der Waals surface area (Å²) >= 11 is 0. The van der Waals surface area contributed by atoms with Crippen LogP contribution in [0.25, 0.3) is 0 Å². The Bertz CT molecular complexity index is 613. The van der Waals surface area contributed by atoms with Crippen molar-refractivity contribution in [1.82, 2.24) is 0 Å². The fraction of sp³-hybridized carbons (Fsp3) is 0.864. The molecule has 4 heteroatoms. The highest BCUT2D eigenvalue weighted by molar-refractivity contribution is 5.66. The number of hydrogen-bond acceptors (Lipinski definition) is 4. The summed E-state index contributed by atoms with van der Waals surface area (Å²) < 4.78 is 5.64. The first-order chi connectivity index (χ1) is 12.3. The van der Waals surface area contributed by atoms with E-state index in [1.807, 2.05) is 0 Å². The molecular weight excluding hydrogens is 328 g/mol. The van der Waals surface area contributed by atoms with Crippen LogP contribution in [-0.4, -0.2) is 35.0 Å². The van der Waals surface area contributed by atoms with E-state index in [1.54, 1.807) is 0 Å². The molecule has 2 N–H and O–H groups in total. The van der Waals surface area contributed by atoms with Gasteiger partial charge in [-0.05, 0) is 74.0 Å². The Morgan fingerprint density at radius 2 is 2.00 bits per heavy atom. The van der Waals surface area contributed by atoms with Crippen molar-refractivity contribution < 1.29 is 19.7 Å². The van der Waals surface area contributed by atoms with Gasteiger partial charge in [-0.25, -0.2) is 0 Å². The number of fused-ring (bicyclic) bond motifs is 5. The van der Waals surface area contributed by atoms with E-state index in [2.05, 4.69) is 19.9 Å². The van der Waals surface area contributed by atoms with E-state index in [0.717, 1.165) is 44.9 Å². The number of rotatable bonds is 2. The van der Waals surface area contributed by atoms with Gasteiger partial charge in [0, 0.05) is 12.3 Å². The van der Waals surface area contributed by atoms with E-state index in [1.165, 1.54) is 12.5 Å². The highest BCUT2D eigenvalue weighted by atomic mass is 16.5. The summed E-state index contributed by atoms with van der Waals surface area (Å²) in [5, 5.41) is 20.9. The van der Waals surface area contributed by atoms with Crippen molar-refractivity contribution in [3.63, 3.8) is 0 Å². The maximum absolute atomic E-state index is 11.6. The largest absolute Gasteiger partial charge is 0.465 e. The standard InChI is InChI=1S/C22H34O4/c1-13-10-16(24)11-15-4-5-17-18-6-7-20(25)21(18,3)9-8-19(17)22(13,15)12-26-14(2)23/h11,13,16-20,24-25H,4-10,12H2,1-3H3/t13-,16+,17+,18+,19+,20+,21+,22+/m1/s1. The second kappa shape index (κ2) is 6.34. The van der Waals surface area contributed by atoms with E-state index in [4.69, 9.17) is 4.74 Å². The lowest BCUT2D eigenvalue weighted by molar-refractivity contribution is -0.155. The third-order valence-corrected chi connectivity index (χ3v) is 8.78. The number of aliphatic hydroxyl groups excluding tert-OH is 2. The summed E-state index contributed by atoms with van der Waals surface area (Å²) in [7, 11) is 0. The molecule has 0 unspecified atom stereocenters. The number of carbonyl (C=O) groups is 1. The molecule has 0 spiro atoms. The summed E-state index contributed by atoms with van der Waals surface area (Å²) in [6.45, 7) is 6.48. The molecular formula is C22H34O4. The van der Waals surface area contributed by atoms with E-state index < -0.39 is 0 Å². The van der Waals surface area contributed by atoms with Crippen LogP contribution in [0.2, 0.25) is 0 Å². The predicted molar refractivity (Wildman–Crippen MR) is 99.2 cm³/mol. The van der Waals surface area contributed by atoms with Gasteiger partial charge in [-0.3, -0.25) is 4.79 Å². The lowest BCUT2D eigenvalue weighted by Gasteiger charge is -2.60. The molecule has 4 aliphatic carbocycles. The van der Waals surface area contributed by atoms with E-state index in [9.17, 15) is 15.0 Å². The molecule has 0 aromatic heterocycles. The summed E-state index contributed by atoms with van der Waals surface area (Å²) in [5.41, 5.74) is 1.26. The molecule has 0 bridgehead atoms. The minimum Gasteiger partial charge on any atom is -0.465 e. The molecule has 0 amide bonds. The maximum Gasteiger partial charge on any atom is 0.302 e. The monoisotopic (exact) mass is 362 g/mol. The molecule has 26 heavy (non-hydrogen) atoms. The third-order valence-electron chi connectivity index (χ3n) is 8.78. The second-order valence-electron chi connectivity index (χ2n) is 9.77. The normalized spacial score (nSPS) is 50.3. The summed E-state index contributed by atoms with van der Waals surface area (Å²) in [5.74, 6) is 1.76. The SMILES string of the molecule is CC(=O)OC[C@@]12C(=C[C@@H](O)C[C@H]1C)CC[C@H]1[C@@H]3CC[C@H](O)[C@@]3(C)CC[C@@H]12. The molecule has 3 saturated carbocycles. The third kappa shape index (κ3) is 2.51. The van der Waals surface area contributed by atoms with Crippen molar-refractivity contribution >= 4 is 5.97 Å². The molecule has 4 rings (SSSR count). The molecule has 0 aromatic rings. The van der Waals surface area contributed by atoms with Gasteiger partial charge in [0.1, 0.15) is 6.61 Å². The second-order valence-corrected chi connectivity index (χ2v) is 9.77. The van der Waals surface area contributed by atoms with Gasteiger partial charge in [0.15, 0.2) is 0 Å². The van der Waals surface area contributed by atoms with Crippen molar-refractivity contribution in [3.8, 4) is 0 Å². The van der Waals surface area contributed by atoms with Gasteiger partial charge >= 0.3 is 5.97 Å². The van der Waals surface area contributed by atoms with Crippen LogP contribution >= 0.6 is 0 Å². The van der Waals surface area contributed by atoms with Crippen LogP contribution in [0, 0.1) is 34.5 Å². The van der Waals surface area contributed by atoms with Crippen molar-refractivity contribution in [2.24, 2.45) is 34.5 Å². The zero-order valence-corrected chi connectivity index (χ0v) is 16.4. The highest BCUT2D eigenvalue weighted by Crippen LogP contribution is 2.66. The zero-order chi connectivity index (χ0) is 18.7. The van der Waals surface area contributed by atoms with Crippen molar-refractivity contribution in [1.29, 1.82) is 0 Å². The van der Waals surface area contributed by atoms with Crippen molar-refractivity contribution in [2.45, 2.75) is 77.9 Å². The maximum atomic E-state index is 11.6. The van der Waals surface area contributed by atoms with Crippen LogP contribution in [0.5, 0.6) is 0 Å². The molecule has 146 valence electrons. The lowest BCUT2D eigenvalue weighted by Crippen LogP contribution is -2.56. The number of carbonyl (C=O) groups excluding carboxylic acids is 1.